The molecule has 0 aliphatic carbocycles. The quantitative estimate of drug-likeness (QED) is 0.282. The summed E-state index contributed by atoms with van der Waals surface area (Å²) in [6.07, 6.45) is 0. The first-order chi connectivity index (χ1) is 6.00. The Labute approximate surface area is 138 Å². The molecule has 0 atom stereocenters. The second kappa shape index (κ2) is 13.1. The average molecular weight is 542 g/mol. The van der Waals surface area contributed by atoms with Gasteiger partial charge in [-0.3, -0.25) is 12.6 Å². The molecule has 0 spiro atoms. The van der Waals surface area contributed by atoms with Crippen molar-refractivity contribution in [2.45, 2.75) is 0 Å². The van der Waals surface area contributed by atoms with Gasteiger partial charge in [0.1, 0.15) is 0 Å². The maximum absolute atomic E-state index is 8.89. The van der Waals surface area contributed by atoms with Crippen molar-refractivity contribution in [3.63, 3.8) is 0 Å². The zero-order valence-electron chi connectivity index (χ0n) is 6.79. The van der Waals surface area contributed by atoms with Gasteiger partial charge in [-0.15, -0.1) is 27.2 Å². The molecule has 0 aliphatic heterocycles. The molecular formula is O9Rh2S6. The SMILES string of the molecule is O=S([O-])([O-])=S.O=S([O-])([O-])=S.O=S([O-])([O-])=S.[Rh+3].[Rh+3]. The van der Waals surface area contributed by atoms with Crippen LogP contribution in [0.3, 0.4) is 0 Å². The van der Waals surface area contributed by atoms with Crippen molar-refractivity contribution in [2.24, 2.45) is 0 Å². The predicted molar refractivity (Wildman–Crippen MR) is 51.2 cm³/mol. The van der Waals surface area contributed by atoms with Crippen LogP contribution in [0.25, 0.3) is 0 Å². The third kappa shape index (κ3) is 1050. The Morgan fingerprint density at radius 3 is 0.529 bits per heavy atom. The number of rotatable bonds is 0. The van der Waals surface area contributed by atoms with E-state index in [2.05, 4.69) is 33.6 Å². The molecule has 17 heavy (non-hydrogen) atoms. The molecule has 0 heterocycles. The van der Waals surface area contributed by atoms with Crippen LogP contribution in [-0.4, -0.2) is 39.9 Å². The monoisotopic (exact) mass is 542 g/mol. The number of hydrogen-bond donors (Lipinski definition) is 0. The molecule has 0 aromatic heterocycles. The molecule has 0 fully saturated rings. The van der Waals surface area contributed by atoms with E-state index in [9.17, 15) is 0 Å². The Morgan fingerprint density at radius 2 is 0.529 bits per heavy atom. The fourth-order valence-corrected chi connectivity index (χ4v) is 0. The molecule has 108 valence electrons. The third-order valence-electron chi connectivity index (χ3n) is 0. The number of hydrogen-bond acceptors (Lipinski definition) is 12. The summed E-state index contributed by atoms with van der Waals surface area (Å²) in [5.74, 6) is 0. The normalized spacial score (nSPS) is 10.2. The summed E-state index contributed by atoms with van der Waals surface area (Å²) in [7, 11) is -13.0. The molecular weight excluding hydrogens is 542 g/mol. The van der Waals surface area contributed by atoms with Gasteiger partial charge >= 0.3 is 39.0 Å². The van der Waals surface area contributed by atoms with Crippen molar-refractivity contribution in [3.05, 3.63) is 0 Å². The van der Waals surface area contributed by atoms with Crippen LogP contribution in [0, 0.1) is 0 Å². The van der Waals surface area contributed by atoms with Crippen molar-refractivity contribution in [3.8, 4) is 0 Å². The zero-order valence-corrected chi connectivity index (χ0v) is 15.0. The standard InChI is InChI=1S/3H2O3S2.2Rh/c3*1-5(2,3)4;;/h3*(H2,1,2,3,4);;/q;;;2*+3/p-6. The molecule has 0 amide bonds. The minimum absolute atomic E-state index is 0. The molecule has 0 rings (SSSR count). The minimum Gasteiger partial charge on any atom is -0.780 e. The van der Waals surface area contributed by atoms with Gasteiger partial charge in [-0.05, 0) is 33.6 Å². The predicted octanol–water partition coefficient (Wildman–Crippen LogP) is -3.02. The van der Waals surface area contributed by atoms with E-state index in [4.69, 9.17) is 39.9 Å². The van der Waals surface area contributed by atoms with E-state index in [-0.39, 0.29) is 39.0 Å². The third-order valence-corrected chi connectivity index (χ3v) is 0. The fourth-order valence-electron chi connectivity index (χ4n) is 0. The molecule has 0 radical (unpaired) electrons. The largest absolute Gasteiger partial charge is 3.00 e. The van der Waals surface area contributed by atoms with E-state index in [1.54, 1.807) is 0 Å². The molecule has 0 bridgehead atoms. The van der Waals surface area contributed by atoms with E-state index in [0.29, 0.717) is 0 Å². The topological polar surface area (TPSA) is 190 Å². The van der Waals surface area contributed by atoms with Gasteiger partial charge in [-0.2, -0.15) is 0 Å². The Balaban J connectivity index is -0.0000000400. The van der Waals surface area contributed by atoms with Crippen LogP contribution in [0.2, 0.25) is 0 Å². The van der Waals surface area contributed by atoms with Crippen LogP contribution >= 0.6 is 0 Å². The van der Waals surface area contributed by atoms with Crippen molar-refractivity contribution in [1.82, 2.24) is 0 Å². The molecule has 0 unspecified atom stereocenters. The molecule has 0 saturated heterocycles. The van der Waals surface area contributed by atoms with E-state index in [0.717, 1.165) is 0 Å². The molecule has 17 heteroatoms. The van der Waals surface area contributed by atoms with Crippen LogP contribution in [0.5, 0.6) is 0 Å². The second-order valence-corrected chi connectivity index (χ2v) is 7.35. The summed E-state index contributed by atoms with van der Waals surface area (Å²) >= 11 is 9.73. The zero-order chi connectivity index (χ0) is 13.5. The van der Waals surface area contributed by atoms with Crippen molar-refractivity contribution >= 4 is 60.7 Å². The van der Waals surface area contributed by atoms with Crippen LogP contribution in [0.15, 0.2) is 0 Å². The van der Waals surface area contributed by atoms with E-state index >= 15 is 0 Å². The molecule has 0 aromatic rings. The van der Waals surface area contributed by atoms with Gasteiger partial charge in [-0.1, -0.05) is 0 Å². The van der Waals surface area contributed by atoms with Gasteiger partial charge in [0.05, 0.1) is 0 Å². The average Bonchev–Trinajstić information content (AvgIpc) is 1.41. The summed E-state index contributed by atoms with van der Waals surface area (Å²) in [5.41, 5.74) is 0. The molecule has 0 aromatic carbocycles. The van der Waals surface area contributed by atoms with E-state index < -0.39 is 27.2 Å². The summed E-state index contributed by atoms with van der Waals surface area (Å²) in [6, 6.07) is 0. The summed E-state index contributed by atoms with van der Waals surface area (Å²) in [4.78, 5) is 0. The Hall–Kier alpha value is 2.12. The Morgan fingerprint density at radius 1 is 0.529 bits per heavy atom. The van der Waals surface area contributed by atoms with Gasteiger partial charge < -0.3 is 27.3 Å². The first-order valence-corrected chi connectivity index (χ1v) is 9.00. The summed E-state index contributed by atoms with van der Waals surface area (Å²) in [6.45, 7) is 0. The Bertz CT molecular complexity index is 344. The minimum atomic E-state index is -4.33. The van der Waals surface area contributed by atoms with Gasteiger partial charge in [0.15, 0.2) is 0 Å². The summed E-state index contributed by atoms with van der Waals surface area (Å²) < 4.78 is 80.0. The van der Waals surface area contributed by atoms with Gasteiger partial charge in [0.2, 0.25) is 0 Å². The molecule has 0 N–H and O–H groups in total. The smallest absolute Gasteiger partial charge is 0.780 e. The van der Waals surface area contributed by atoms with Crippen LogP contribution in [0.4, 0.5) is 0 Å². The first kappa shape index (κ1) is 31.5. The van der Waals surface area contributed by atoms with Crippen molar-refractivity contribution in [2.75, 3.05) is 0 Å². The maximum atomic E-state index is 8.89. The maximum Gasteiger partial charge on any atom is 3.00 e. The summed E-state index contributed by atoms with van der Waals surface area (Å²) in [5, 5.41) is 0. The van der Waals surface area contributed by atoms with E-state index in [1.807, 2.05) is 0 Å². The fraction of sp³-hybridized carbons (Fsp3) is 0. The van der Waals surface area contributed by atoms with Crippen LogP contribution in [0.1, 0.15) is 0 Å². The van der Waals surface area contributed by atoms with Crippen molar-refractivity contribution in [1.29, 1.82) is 0 Å². The van der Waals surface area contributed by atoms with Crippen LogP contribution < -0.4 is 0 Å². The van der Waals surface area contributed by atoms with E-state index in [1.165, 1.54) is 0 Å². The molecule has 0 aliphatic rings. The van der Waals surface area contributed by atoms with Crippen LogP contribution in [-0.2, 0) is 99.7 Å². The molecule has 0 saturated carbocycles. The Kier molecular flexibility index (Phi) is 24.3. The van der Waals surface area contributed by atoms with Gasteiger partial charge in [-0.25, -0.2) is 0 Å². The van der Waals surface area contributed by atoms with Gasteiger partial charge in [0, 0.05) is 0 Å². The molecule has 9 nitrogen and oxygen atoms in total. The van der Waals surface area contributed by atoms with Crippen molar-refractivity contribution < 1.29 is 78.9 Å². The second-order valence-electron chi connectivity index (χ2n) is 1.22. The first-order valence-electron chi connectivity index (χ1n) is 2.00. The van der Waals surface area contributed by atoms with Gasteiger partial charge in [0.25, 0.3) is 0 Å².